The number of carbonyl (C=O) groups excluding carboxylic acids is 1. The Bertz CT molecular complexity index is 340. The minimum absolute atomic E-state index is 0.0344. The molecule has 0 aromatic carbocycles. The molecule has 0 aliphatic carbocycles. The van der Waals surface area contributed by atoms with Gasteiger partial charge in [-0.3, -0.25) is 4.79 Å². The number of methoxy groups -OCH3 is 1. The van der Waals surface area contributed by atoms with Crippen LogP contribution in [0.5, 0.6) is 0 Å². The van der Waals surface area contributed by atoms with E-state index in [0.29, 0.717) is 6.54 Å². The predicted molar refractivity (Wildman–Crippen MR) is 75.4 cm³/mol. The molecule has 0 saturated carbocycles. The van der Waals surface area contributed by atoms with Gasteiger partial charge in [-0.05, 0) is 32.5 Å². The summed E-state index contributed by atoms with van der Waals surface area (Å²) in [6, 6.07) is 0. The van der Waals surface area contributed by atoms with Crippen LogP contribution in [0.3, 0.4) is 0 Å². The van der Waals surface area contributed by atoms with E-state index in [1.54, 1.807) is 0 Å². The summed E-state index contributed by atoms with van der Waals surface area (Å²) in [5.41, 5.74) is 0. The first-order chi connectivity index (χ1) is 8.95. The molecule has 0 aliphatic rings. The molecule has 0 saturated heterocycles. The van der Waals surface area contributed by atoms with Crippen LogP contribution in [0.4, 0.5) is 0 Å². The molecule has 0 heterocycles. The van der Waals surface area contributed by atoms with Crippen molar-refractivity contribution in [1.82, 2.24) is 9.62 Å². The molecule has 0 fully saturated rings. The predicted octanol–water partition coefficient (Wildman–Crippen LogP) is 0.591. The van der Waals surface area contributed by atoms with Crippen LogP contribution in [0.15, 0.2) is 0 Å². The fourth-order valence-electron chi connectivity index (χ4n) is 1.65. The van der Waals surface area contributed by atoms with Gasteiger partial charge < -0.3 is 9.64 Å². The Balaban J connectivity index is 3.76. The number of hydrogen-bond acceptors (Lipinski definition) is 5. The second kappa shape index (κ2) is 10.2. The van der Waals surface area contributed by atoms with Crippen LogP contribution in [0, 0.1) is 0 Å². The van der Waals surface area contributed by atoms with E-state index in [1.807, 2.05) is 0 Å². The summed E-state index contributed by atoms with van der Waals surface area (Å²) in [4.78, 5) is 13.1. The maximum atomic E-state index is 11.6. The first-order valence-corrected chi connectivity index (χ1v) is 8.36. The Kier molecular flexibility index (Phi) is 9.81. The summed E-state index contributed by atoms with van der Waals surface area (Å²) < 4.78 is 30.2. The van der Waals surface area contributed by atoms with Gasteiger partial charge in [0.25, 0.3) is 0 Å². The molecule has 0 aromatic heterocycles. The fraction of sp³-hybridized carbons (Fsp3) is 0.917. The van der Waals surface area contributed by atoms with Crippen molar-refractivity contribution in [2.75, 3.05) is 39.0 Å². The monoisotopic (exact) mass is 294 g/mol. The Morgan fingerprint density at radius 2 is 1.84 bits per heavy atom. The molecule has 0 radical (unpaired) electrons. The van der Waals surface area contributed by atoms with E-state index in [2.05, 4.69) is 28.2 Å². The maximum absolute atomic E-state index is 11.6. The maximum Gasteiger partial charge on any atom is 0.305 e. The molecule has 0 amide bonds. The highest BCUT2D eigenvalue weighted by Crippen LogP contribution is 1.97. The molecule has 19 heavy (non-hydrogen) atoms. The number of rotatable bonds is 11. The van der Waals surface area contributed by atoms with E-state index in [1.165, 1.54) is 7.11 Å². The van der Waals surface area contributed by atoms with E-state index < -0.39 is 10.0 Å². The van der Waals surface area contributed by atoms with Gasteiger partial charge in [0.15, 0.2) is 0 Å². The molecule has 0 atom stereocenters. The summed E-state index contributed by atoms with van der Waals surface area (Å²) in [7, 11) is -1.98. The van der Waals surface area contributed by atoms with E-state index in [9.17, 15) is 13.2 Å². The molecule has 0 bridgehead atoms. The number of nitrogens with zero attached hydrogens (tertiary/aromatic N) is 1. The lowest BCUT2D eigenvalue weighted by atomic mass is 10.3. The number of sulfonamides is 1. The first kappa shape index (κ1) is 18.3. The summed E-state index contributed by atoms with van der Waals surface area (Å²) in [5, 5.41) is 0. The van der Waals surface area contributed by atoms with Crippen molar-refractivity contribution in [3.8, 4) is 0 Å². The molecule has 0 aromatic rings. The van der Waals surface area contributed by atoms with E-state index in [-0.39, 0.29) is 24.6 Å². The Hall–Kier alpha value is -0.660. The van der Waals surface area contributed by atoms with Gasteiger partial charge in [0, 0.05) is 13.0 Å². The van der Waals surface area contributed by atoms with Crippen molar-refractivity contribution in [2.45, 2.75) is 33.1 Å². The second-order valence-corrected chi connectivity index (χ2v) is 6.20. The Morgan fingerprint density at radius 1 is 1.21 bits per heavy atom. The fourth-order valence-corrected chi connectivity index (χ4v) is 2.77. The first-order valence-electron chi connectivity index (χ1n) is 6.71. The average Bonchev–Trinajstić information content (AvgIpc) is 2.38. The third kappa shape index (κ3) is 9.86. The zero-order valence-corrected chi connectivity index (χ0v) is 13.0. The minimum atomic E-state index is -3.27. The van der Waals surface area contributed by atoms with Crippen molar-refractivity contribution in [3.05, 3.63) is 0 Å². The summed E-state index contributed by atoms with van der Waals surface area (Å²) in [6.07, 6.45) is 1.22. The minimum Gasteiger partial charge on any atom is -0.469 e. The van der Waals surface area contributed by atoms with E-state index in [4.69, 9.17) is 0 Å². The van der Waals surface area contributed by atoms with Gasteiger partial charge in [0.05, 0.1) is 12.9 Å². The molecule has 1 N–H and O–H groups in total. The van der Waals surface area contributed by atoms with Crippen LogP contribution >= 0.6 is 0 Å². The molecule has 114 valence electrons. The van der Waals surface area contributed by atoms with Crippen molar-refractivity contribution in [1.29, 1.82) is 0 Å². The molecule has 0 aliphatic heterocycles. The van der Waals surface area contributed by atoms with Crippen molar-refractivity contribution >= 4 is 16.0 Å². The topological polar surface area (TPSA) is 75.7 Å². The largest absolute Gasteiger partial charge is 0.469 e. The number of hydrogen-bond donors (Lipinski definition) is 1. The Morgan fingerprint density at radius 3 is 2.37 bits per heavy atom. The van der Waals surface area contributed by atoms with Crippen molar-refractivity contribution in [2.24, 2.45) is 0 Å². The summed E-state index contributed by atoms with van der Waals surface area (Å²) in [5.74, 6) is -0.412. The number of ether oxygens (including phenoxy) is 1. The zero-order chi connectivity index (χ0) is 14.7. The van der Waals surface area contributed by atoms with Crippen LogP contribution < -0.4 is 4.72 Å². The van der Waals surface area contributed by atoms with Crippen LogP contribution in [-0.4, -0.2) is 58.3 Å². The summed E-state index contributed by atoms with van der Waals surface area (Å²) in [6.45, 7) is 7.44. The van der Waals surface area contributed by atoms with Crippen LogP contribution in [-0.2, 0) is 19.6 Å². The van der Waals surface area contributed by atoms with Crippen LogP contribution in [0.1, 0.15) is 33.1 Å². The van der Waals surface area contributed by atoms with Gasteiger partial charge >= 0.3 is 5.97 Å². The molecule has 0 rings (SSSR count). The average molecular weight is 294 g/mol. The highest BCUT2D eigenvalue weighted by atomic mass is 32.2. The lowest BCUT2D eigenvalue weighted by Gasteiger charge is -2.17. The lowest BCUT2D eigenvalue weighted by molar-refractivity contribution is -0.140. The standard InChI is InChI=1S/C12H26N2O4S/c1-4-14(5-2)10-7-9-13-19(16,17)11-6-8-12(15)18-3/h13H,4-11H2,1-3H3. The quantitative estimate of drug-likeness (QED) is 0.446. The van der Waals surface area contributed by atoms with Gasteiger partial charge in [0.2, 0.25) is 10.0 Å². The van der Waals surface area contributed by atoms with Crippen LogP contribution in [0.25, 0.3) is 0 Å². The third-order valence-electron chi connectivity index (χ3n) is 2.89. The van der Waals surface area contributed by atoms with E-state index in [0.717, 1.165) is 26.1 Å². The molecule has 0 spiro atoms. The van der Waals surface area contributed by atoms with Gasteiger partial charge in [-0.15, -0.1) is 0 Å². The van der Waals surface area contributed by atoms with Gasteiger partial charge in [0.1, 0.15) is 0 Å². The molecule has 0 unspecified atom stereocenters. The van der Waals surface area contributed by atoms with Gasteiger partial charge in [-0.1, -0.05) is 13.8 Å². The smallest absolute Gasteiger partial charge is 0.305 e. The van der Waals surface area contributed by atoms with Crippen LogP contribution in [0.2, 0.25) is 0 Å². The normalized spacial score (nSPS) is 11.8. The number of esters is 1. The molecule has 6 nitrogen and oxygen atoms in total. The highest BCUT2D eigenvalue weighted by Gasteiger charge is 2.11. The van der Waals surface area contributed by atoms with Gasteiger partial charge in [-0.2, -0.15) is 0 Å². The second-order valence-electron chi connectivity index (χ2n) is 4.27. The number of nitrogens with one attached hydrogen (secondary N) is 1. The third-order valence-corrected chi connectivity index (χ3v) is 4.36. The molecular formula is C12H26N2O4S. The summed E-state index contributed by atoms with van der Waals surface area (Å²) >= 11 is 0. The molecule has 7 heteroatoms. The SMILES string of the molecule is CCN(CC)CCCNS(=O)(=O)CCCC(=O)OC. The lowest BCUT2D eigenvalue weighted by Crippen LogP contribution is -2.31. The van der Waals surface area contributed by atoms with Crippen molar-refractivity contribution < 1.29 is 17.9 Å². The zero-order valence-electron chi connectivity index (χ0n) is 12.1. The van der Waals surface area contributed by atoms with Gasteiger partial charge in [-0.25, -0.2) is 13.1 Å². The Labute approximate surface area is 116 Å². The molecular weight excluding hydrogens is 268 g/mol. The number of carbonyl (C=O) groups is 1. The highest BCUT2D eigenvalue weighted by molar-refractivity contribution is 7.89. The van der Waals surface area contributed by atoms with E-state index >= 15 is 0 Å². The van der Waals surface area contributed by atoms with Crippen molar-refractivity contribution in [3.63, 3.8) is 0 Å².